The third-order valence-electron chi connectivity index (χ3n) is 3.63. The Bertz CT molecular complexity index is 653. The van der Waals surface area contributed by atoms with Gasteiger partial charge >= 0.3 is 0 Å². The summed E-state index contributed by atoms with van der Waals surface area (Å²) in [5, 5.41) is 0.367. The molecule has 0 saturated carbocycles. The maximum absolute atomic E-state index is 13.8. The highest BCUT2D eigenvalue weighted by Crippen LogP contribution is 2.35. The largest absolute Gasteiger partial charge is 0.318 e. The van der Waals surface area contributed by atoms with Crippen molar-refractivity contribution < 1.29 is 4.39 Å². The molecule has 0 aliphatic heterocycles. The van der Waals surface area contributed by atoms with Gasteiger partial charge in [0.2, 0.25) is 0 Å². The van der Waals surface area contributed by atoms with Crippen LogP contribution >= 0.6 is 23.2 Å². The van der Waals surface area contributed by atoms with E-state index in [-0.39, 0.29) is 5.02 Å². The zero-order chi connectivity index (χ0) is 15.6. The minimum Gasteiger partial charge on any atom is -0.318 e. The van der Waals surface area contributed by atoms with Gasteiger partial charge in [0.15, 0.2) is 0 Å². The average molecular weight is 326 g/mol. The summed E-state index contributed by atoms with van der Waals surface area (Å²) in [5.41, 5.74) is 8.20. The predicted molar refractivity (Wildman–Crippen MR) is 87.5 cm³/mol. The van der Waals surface area contributed by atoms with E-state index < -0.39 is 11.4 Å². The van der Waals surface area contributed by atoms with Gasteiger partial charge in [0, 0.05) is 5.02 Å². The number of halogens is 3. The van der Waals surface area contributed by atoms with Gasteiger partial charge in [-0.15, -0.1) is 0 Å². The SMILES string of the molecule is CCCc1cccc(C(C)(N)c2cc(F)c(Cl)cc2Cl)c1. The van der Waals surface area contributed by atoms with E-state index in [4.69, 9.17) is 28.9 Å². The van der Waals surface area contributed by atoms with Gasteiger partial charge < -0.3 is 5.73 Å². The van der Waals surface area contributed by atoms with Crippen LogP contribution in [-0.2, 0) is 12.0 Å². The number of nitrogens with two attached hydrogens (primary N) is 1. The Morgan fingerprint density at radius 2 is 1.86 bits per heavy atom. The first-order valence-electron chi connectivity index (χ1n) is 6.89. The molecular weight excluding hydrogens is 308 g/mol. The highest BCUT2D eigenvalue weighted by molar-refractivity contribution is 6.35. The third kappa shape index (κ3) is 3.39. The monoisotopic (exact) mass is 325 g/mol. The van der Waals surface area contributed by atoms with Gasteiger partial charge in [0.1, 0.15) is 5.82 Å². The fraction of sp³-hybridized carbons (Fsp3) is 0.294. The lowest BCUT2D eigenvalue weighted by molar-refractivity contribution is 0.581. The molecule has 112 valence electrons. The zero-order valence-corrected chi connectivity index (χ0v) is 13.6. The summed E-state index contributed by atoms with van der Waals surface area (Å²) in [5.74, 6) is -0.516. The lowest BCUT2D eigenvalue weighted by Gasteiger charge is -2.27. The molecule has 0 saturated heterocycles. The predicted octanol–water partition coefficient (Wildman–Crippen LogP) is 5.31. The Labute approximate surface area is 134 Å². The Balaban J connectivity index is 2.51. The normalized spacial score (nSPS) is 14.0. The quantitative estimate of drug-likeness (QED) is 0.757. The molecule has 0 radical (unpaired) electrons. The maximum atomic E-state index is 13.8. The van der Waals surface area contributed by atoms with Gasteiger partial charge in [-0.05, 0) is 42.2 Å². The van der Waals surface area contributed by atoms with Crippen molar-refractivity contribution in [2.24, 2.45) is 5.73 Å². The van der Waals surface area contributed by atoms with E-state index in [0.29, 0.717) is 10.6 Å². The molecule has 1 unspecified atom stereocenters. The van der Waals surface area contributed by atoms with Crippen LogP contribution < -0.4 is 5.73 Å². The molecule has 0 heterocycles. The molecule has 0 spiro atoms. The van der Waals surface area contributed by atoms with Gasteiger partial charge in [-0.2, -0.15) is 0 Å². The van der Waals surface area contributed by atoms with Gasteiger partial charge in [0.05, 0.1) is 10.6 Å². The van der Waals surface area contributed by atoms with Crippen LogP contribution in [-0.4, -0.2) is 0 Å². The Hall–Kier alpha value is -1.09. The van der Waals surface area contributed by atoms with Crippen molar-refractivity contribution in [2.45, 2.75) is 32.2 Å². The molecule has 2 N–H and O–H groups in total. The van der Waals surface area contributed by atoms with Crippen molar-refractivity contribution in [3.8, 4) is 0 Å². The van der Waals surface area contributed by atoms with E-state index in [0.717, 1.165) is 18.4 Å². The molecule has 2 aromatic carbocycles. The molecule has 2 rings (SSSR count). The average Bonchev–Trinajstić information content (AvgIpc) is 2.43. The molecule has 1 atom stereocenters. The Morgan fingerprint density at radius 1 is 1.14 bits per heavy atom. The molecule has 21 heavy (non-hydrogen) atoms. The topological polar surface area (TPSA) is 26.0 Å². The molecule has 2 aromatic rings. The van der Waals surface area contributed by atoms with Gasteiger partial charge in [-0.1, -0.05) is 60.8 Å². The molecular formula is C17H18Cl2FN. The summed E-state index contributed by atoms with van der Waals surface area (Å²) in [7, 11) is 0. The first kappa shape index (κ1) is 16.3. The number of hydrogen-bond donors (Lipinski definition) is 1. The molecule has 4 heteroatoms. The number of aryl methyl sites for hydroxylation is 1. The van der Waals surface area contributed by atoms with Crippen LogP contribution in [0.3, 0.4) is 0 Å². The van der Waals surface area contributed by atoms with Crippen molar-refractivity contribution in [3.63, 3.8) is 0 Å². The second-order valence-electron chi connectivity index (χ2n) is 5.40. The summed E-state index contributed by atoms with van der Waals surface area (Å²) in [4.78, 5) is 0. The van der Waals surface area contributed by atoms with E-state index >= 15 is 0 Å². The van der Waals surface area contributed by atoms with Crippen LogP contribution in [0.4, 0.5) is 4.39 Å². The van der Waals surface area contributed by atoms with Crippen LogP contribution in [0.15, 0.2) is 36.4 Å². The number of hydrogen-bond acceptors (Lipinski definition) is 1. The third-order valence-corrected chi connectivity index (χ3v) is 4.24. The van der Waals surface area contributed by atoms with Crippen LogP contribution in [0.2, 0.25) is 10.0 Å². The Kier molecular flexibility index (Phi) is 4.92. The van der Waals surface area contributed by atoms with Crippen molar-refractivity contribution >= 4 is 23.2 Å². The molecule has 0 aliphatic carbocycles. The van der Waals surface area contributed by atoms with Crippen molar-refractivity contribution in [1.29, 1.82) is 0 Å². The minimum atomic E-state index is -0.883. The van der Waals surface area contributed by atoms with E-state index in [2.05, 4.69) is 13.0 Å². The highest BCUT2D eigenvalue weighted by atomic mass is 35.5. The molecule has 1 nitrogen and oxygen atoms in total. The standard InChI is InChI=1S/C17H18Cl2FN/c1-3-5-11-6-4-7-12(8-11)17(2,21)13-9-16(20)15(19)10-14(13)18/h4,6-10H,3,5,21H2,1-2H3. The lowest BCUT2D eigenvalue weighted by atomic mass is 9.84. The smallest absolute Gasteiger partial charge is 0.142 e. The summed E-state index contributed by atoms with van der Waals surface area (Å²) in [6.07, 6.45) is 2.04. The fourth-order valence-corrected chi connectivity index (χ4v) is 2.99. The zero-order valence-electron chi connectivity index (χ0n) is 12.1. The van der Waals surface area contributed by atoms with Crippen molar-refractivity contribution in [3.05, 3.63) is 69.0 Å². The molecule has 0 bridgehead atoms. The van der Waals surface area contributed by atoms with E-state index in [1.807, 2.05) is 25.1 Å². The second kappa shape index (κ2) is 6.35. The van der Waals surface area contributed by atoms with Gasteiger partial charge in [-0.3, -0.25) is 0 Å². The molecule has 0 aromatic heterocycles. The summed E-state index contributed by atoms with van der Waals surface area (Å²) < 4.78 is 13.8. The van der Waals surface area contributed by atoms with Crippen LogP contribution in [0.1, 0.15) is 37.0 Å². The van der Waals surface area contributed by atoms with E-state index in [9.17, 15) is 4.39 Å². The highest BCUT2D eigenvalue weighted by Gasteiger charge is 2.27. The van der Waals surface area contributed by atoms with Gasteiger partial charge in [0.25, 0.3) is 0 Å². The lowest BCUT2D eigenvalue weighted by Crippen LogP contribution is -2.35. The summed E-state index contributed by atoms with van der Waals surface area (Å²) in [6, 6.07) is 10.7. The fourth-order valence-electron chi connectivity index (χ4n) is 2.41. The number of benzene rings is 2. The summed E-state index contributed by atoms with van der Waals surface area (Å²) >= 11 is 12.0. The maximum Gasteiger partial charge on any atom is 0.142 e. The van der Waals surface area contributed by atoms with Crippen molar-refractivity contribution in [2.75, 3.05) is 0 Å². The van der Waals surface area contributed by atoms with Gasteiger partial charge in [-0.25, -0.2) is 4.39 Å². The van der Waals surface area contributed by atoms with E-state index in [1.165, 1.54) is 17.7 Å². The van der Waals surface area contributed by atoms with Crippen LogP contribution in [0.5, 0.6) is 0 Å². The molecule has 0 amide bonds. The first-order chi connectivity index (χ1) is 9.86. The van der Waals surface area contributed by atoms with Crippen molar-refractivity contribution in [1.82, 2.24) is 0 Å². The number of rotatable bonds is 4. The van der Waals surface area contributed by atoms with E-state index in [1.54, 1.807) is 0 Å². The Morgan fingerprint density at radius 3 is 2.52 bits per heavy atom. The molecule has 0 aliphatic rings. The van der Waals surface area contributed by atoms with Crippen LogP contribution in [0, 0.1) is 5.82 Å². The van der Waals surface area contributed by atoms with Crippen LogP contribution in [0.25, 0.3) is 0 Å². The second-order valence-corrected chi connectivity index (χ2v) is 6.21. The first-order valence-corrected chi connectivity index (χ1v) is 7.65. The molecule has 0 fully saturated rings. The minimum absolute atomic E-state index is 0.000663. The summed E-state index contributed by atoms with van der Waals surface area (Å²) in [6.45, 7) is 3.95.